The van der Waals surface area contributed by atoms with Crippen LogP contribution < -0.4 is 4.74 Å². The normalized spacial score (nSPS) is 12.3. The molecule has 0 unspecified atom stereocenters. The molecule has 1 aliphatic carbocycles. The van der Waals surface area contributed by atoms with Crippen molar-refractivity contribution >= 4 is 16.7 Å². The van der Waals surface area contributed by atoms with E-state index in [9.17, 15) is 4.79 Å². The predicted molar refractivity (Wildman–Crippen MR) is 103 cm³/mol. The number of para-hydroxylation sites is 1. The fourth-order valence-corrected chi connectivity index (χ4v) is 3.92. The van der Waals surface area contributed by atoms with Crippen molar-refractivity contribution in [2.45, 2.75) is 6.54 Å². The van der Waals surface area contributed by atoms with Crippen molar-refractivity contribution < 1.29 is 9.53 Å². The van der Waals surface area contributed by atoms with Crippen LogP contribution in [0.3, 0.4) is 0 Å². The largest absolute Gasteiger partial charge is 0.497 e. The van der Waals surface area contributed by atoms with E-state index >= 15 is 0 Å². The summed E-state index contributed by atoms with van der Waals surface area (Å²) in [5.74, 6) is 0.863. The zero-order valence-electron chi connectivity index (χ0n) is 14.4. The minimum Gasteiger partial charge on any atom is -0.497 e. The van der Waals surface area contributed by atoms with Gasteiger partial charge in [0.25, 0.3) is 0 Å². The van der Waals surface area contributed by atoms with E-state index in [-0.39, 0.29) is 5.78 Å². The number of carbonyl (C=O) groups excluding carboxylic acids is 1. The third-order valence-electron chi connectivity index (χ3n) is 5.11. The average molecular weight is 339 g/mol. The van der Waals surface area contributed by atoms with E-state index < -0.39 is 0 Å². The number of ether oxygens (including phenoxy) is 1. The predicted octanol–water partition coefficient (Wildman–Crippen LogP) is 4.91. The summed E-state index contributed by atoms with van der Waals surface area (Å²) in [5, 5.41) is 1.01. The van der Waals surface area contributed by atoms with Crippen LogP contribution >= 0.6 is 0 Å². The molecule has 0 aliphatic heterocycles. The van der Waals surface area contributed by atoms with Crippen LogP contribution in [-0.2, 0) is 6.54 Å². The molecule has 26 heavy (non-hydrogen) atoms. The lowest BCUT2D eigenvalue weighted by atomic mass is 10.1. The summed E-state index contributed by atoms with van der Waals surface area (Å²) in [7, 11) is 1.65. The van der Waals surface area contributed by atoms with Gasteiger partial charge in [-0.25, -0.2) is 0 Å². The van der Waals surface area contributed by atoms with Crippen LogP contribution in [0.2, 0.25) is 0 Å². The molecule has 0 saturated heterocycles. The van der Waals surface area contributed by atoms with E-state index in [0.29, 0.717) is 0 Å². The van der Waals surface area contributed by atoms with E-state index in [2.05, 4.69) is 22.8 Å². The second-order valence-electron chi connectivity index (χ2n) is 6.55. The highest BCUT2D eigenvalue weighted by atomic mass is 16.5. The number of carbonyl (C=O) groups is 1. The van der Waals surface area contributed by atoms with Crippen molar-refractivity contribution in [3.05, 3.63) is 89.5 Å². The van der Waals surface area contributed by atoms with Gasteiger partial charge in [0.05, 0.1) is 18.4 Å². The maximum Gasteiger partial charge on any atom is 0.196 e. The fraction of sp³-hybridized carbons (Fsp3) is 0.0870. The van der Waals surface area contributed by atoms with E-state index in [4.69, 9.17) is 4.74 Å². The van der Waals surface area contributed by atoms with Gasteiger partial charge in [-0.1, -0.05) is 48.5 Å². The summed E-state index contributed by atoms with van der Waals surface area (Å²) in [6.45, 7) is 0.723. The number of aromatic nitrogens is 1. The molecule has 3 heteroatoms. The second-order valence-corrected chi connectivity index (χ2v) is 6.55. The van der Waals surface area contributed by atoms with E-state index in [1.54, 1.807) is 7.11 Å². The van der Waals surface area contributed by atoms with Gasteiger partial charge in [-0.15, -0.1) is 0 Å². The van der Waals surface area contributed by atoms with Gasteiger partial charge in [-0.2, -0.15) is 0 Å². The summed E-state index contributed by atoms with van der Waals surface area (Å²) < 4.78 is 7.65. The van der Waals surface area contributed by atoms with Crippen molar-refractivity contribution in [1.29, 1.82) is 0 Å². The Morgan fingerprint density at radius 2 is 1.65 bits per heavy atom. The third-order valence-corrected chi connectivity index (χ3v) is 5.11. The lowest BCUT2D eigenvalue weighted by Gasteiger charge is -2.12. The first kappa shape index (κ1) is 15.0. The second kappa shape index (κ2) is 5.60. The van der Waals surface area contributed by atoms with Gasteiger partial charge in [0.1, 0.15) is 5.75 Å². The topological polar surface area (TPSA) is 31.2 Å². The minimum absolute atomic E-state index is 0.0978. The van der Waals surface area contributed by atoms with Gasteiger partial charge in [0.2, 0.25) is 0 Å². The molecule has 1 aliphatic rings. The molecular weight excluding hydrogens is 322 g/mol. The summed E-state index contributed by atoms with van der Waals surface area (Å²) in [5.41, 5.74) is 5.80. The van der Waals surface area contributed by atoms with E-state index in [0.717, 1.165) is 45.6 Å². The number of methoxy groups -OCH3 is 1. The molecule has 0 bridgehead atoms. The molecule has 0 spiro atoms. The van der Waals surface area contributed by atoms with Gasteiger partial charge >= 0.3 is 0 Å². The zero-order valence-corrected chi connectivity index (χ0v) is 14.4. The van der Waals surface area contributed by atoms with Crippen LogP contribution in [0.1, 0.15) is 21.5 Å². The first-order valence-corrected chi connectivity index (χ1v) is 8.66. The Morgan fingerprint density at radius 3 is 2.46 bits per heavy atom. The molecule has 126 valence electrons. The molecule has 0 fully saturated rings. The van der Waals surface area contributed by atoms with Gasteiger partial charge < -0.3 is 9.30 Å². The number of hydrogen-bond donors (Lipinski definition) is 0. The highest BCUT2D eigenvalue weighted by molar-refractivity contribution is 6.27. The molecule has 1 aromatic heterocycles. The molecule has 0 N–H and O–H groups in total. The maximum atomic E-state index is 13.1. The summed E-state index contributed by atoms with van der Waals surface area (Å²) in [4.78, 5) is 13.1. The van der Waals surface area contributed by atoms with Crippen molar-refractivity contribution in [3.8, 4) is 17.0 Å². The molecule has 3 nitrogen and oxygen atoms in total. The SMILES string of the molecule is COc1ccc2c(c1)-c1c(c3ccccc3n1Cc1ccccc1)C2=O. The Hall–Kier alpha value is -3.33. The monoisotopic (exact) mass is 339 g/mol. The number of benzene rings is 3. The molecule has 0 saturated carbocycles. The van der Waals surface area contributed by atoms with Crippen molar-refractivity contribution in [3.63, 3.8) is 0 Å². The zero-order chi connectivity index (χ0) is 17.7. The fourth-order valence-electron chi connectivity index (χ4n) is 3.92. The average Bonchev–Trinajstić information content (AvgIpc) is 3.16. The molecule has 0 amide bonds. The molecule has 4 aromatic rings. The minimum atomic E-state index is 0.0978. The highest BCUT2D eigenvalue weighted by Crippen LogP contribution is 2.44. The van der Waals surface area contributed by atoms with Crippen molar-refractivity contribution in [2.24, 2.45) is 0 Å². The van der Waals surface area contributed by atoms with Crippen LogP contribution in [-0.4, -0.2) is 17.5 Å². The van der Waals surface area contributed by atoms with Crippen molar-refractivity contribution in [1.82, 2.24) is 4.57 Å². The summed E-state index contributed by atoms with van der Waals surface area (Å²) >= 11 is 0. The van der Waals surface area contributed by atoms with Crippen LogP contribution in [0, 0.1) is 0 Å². The quantitative estimate of drug-likeness (QED) is 0.468. The maximum absolute atomic E-state index is 13.1. The molecule has 0 radical (unpaired) electrons. The summed E-state index contributed by atoms with van der Waals surface area (Å²) in [6.07, 6.45) is 0. The van der Waals surface area contributed by atoms with Crippen molar-refractivity contribution in [2.75, 3.05) is 7.11 Å². The number of hydrogen-bond acceptors (Lipinski definition) is 2. The van der Waals surface area contributed by atoms with Crippen LogP contribution in [0.15, 0.2) is 72.8 Å². The lowest BCUT2D eigenvalue weighted by Crippen LogP contribution is -2.01. The highest BCUT2D eigenvalue weighted by Gasteiger charge is 2.33. The first-order valence-electron chi connectivity index (χ1n) is 8.66. The lowest BCUT2D eigenvalue weighted by molar-refractivity contribution is 0.104. The van der Waals surface area contributed by atoms with Crippen LogP contribution in [0.25, 0.3) is 22.2 Å². The smallest absolute Gasteiger partial charge is 0.196 e. The van der Waals surface area contributed by atoms with Gasteiger partial charge in [0.15, 0.2) is 5.78 Å². The van der Waals surface area contributed by atoms with Crippen LogP contribution in [0.4, 0.5) is 0 Å². The van der Waals surface area contributed by atoms with E-state index in [1.165, 1.54) is 5.56 Å². The van der Waals surface area contributed by atoms with E-state index in [1.807, 2.05) is 54.6 Å². The Kier molecular flexibility index (Phi) is 3.22. The Labute approximate surface area is 151 Å². The molecule has 3 aromatic carbocycles. The molecular formula is C23H17NO2. The Balaban J connectivity index is 1.82. The van der Waals surface area contributed by atoms with Gasteiger partial charge in [0, 0.05) is 28.6 Å². The standard InChI is InChI=1S/C23H17NO2/c1-26-16-11-12-17-19(13-16)22-21(23(17)25)18-9-5-6-10-20(18)24(22)14-15-7-3-2-4-8-15/h2-13H,14H2,1H3. The van der Waals surface area contributed by atoms with Crippen LogP contribution in [0.5, 0.6) is 5.75 Å². The number of ketones is 1. The number of fused-ring (bicyclic) bond motifs is 5. The Bertz CT molecular complexity index is 1160. The molecule has 0 atom stereocenters. The first-order chi connectivity index (χ1) is 12.8. The summed E-state index contributed by atoms with van der Waals surface area (Å²) in [6, 6.07) is 24.2. The van der Waals surface area contributed by atoms with Gasteiger partial charge in [-0.05, 0) is 29.8 Å². The number of nitrogens with zero attached hydrogens (tertiary/aromatic N) is 1. The Morgan fingerprint density at radius 1 is 0.885 bits per heavy atom. The van der Waals surface area contributed by atoms with Gasteiger partial charge in [-0.3, -0.25) is 4.79 Å². The number of rotatable bonds is 3. The third kappa shape index (κ3) is 2.04. The molecule has 5 rings (SSSR count). The molecule has 1 heterocycles.